The fraction of sp³-hybridized carbons (Fsp3) is 0.857. The van der Waals surface area contributed by atoms with Crippen molar-refractivity contribution in [1.82, 2.24) is 4.90 Å². The van der Waals surface area contributed by atoms with Gasteiger partial charge in [0.2, 0.25) is 0 Å². The molecule has 1 N–H and O–H groups in total. The van der Waals surface area contributed by atoms with Gasteiger partial charge in [0.05, 0.1) is 6.04 Å². The number of hydrogen-bond donors (Lipinski definition) is 1. The number of carboxylic acid groups (broad SMARTS) is 1. The van der Waals surface area contributed by atoms with E-state index < -0.39 is 17.7 Å². The van der Waals surface area contributed by atoms with Gasteiger partial charge in [0.25, 0.3) is 0 Å². The summed E-state index contributed by atoms with van der Waals surface area (Å²) in [6.07, 6.45) is 6.41. The van der Waals surface area contributed by atoms with E-state index in [4.69, 9.17) is 0 Å². The van der Waals surface area contributed by atoms with Crippen molar-refractivity contribution in [1.29, 1.82) is 0 Å². The summed E-state index contributed by atoms with van der Waals surface area (Å²) < 4.78 is 0. The molecule has 1 aliphatic rings. The number of carbonyl (C=O) groups excluding carboxylic acids is 1. The molecule has 104 valence electrons. The normalized spacial score (nSPS) is 19.3. The first-order valence-corrected chi connectivity index (χ1v) is 6.84. The summed E-state index contributed by atoms with van der Waals surface area (Å²) in [7, 11) is 0. The molecule has 1 rings (SSSR count). The second-order valence-corrected chi connectivity index (χ2v) is 6.27. The molecule has 1 saturated carbocycles. The monoisotopic (exact) mass is 255 g/mol. The Morgan fingerprint density at radius 1 is 1.33 bits per heavy atom. The summed E-state index contributed by atoms with van der Waals surface area (Å²) in [5.74, 6) is 0.498. The molecule has 0 radical (unpaired) electrons. The number of nitrogens with zero attached hydrogens (tertiary/aromatic N) is 1. The van der Waals surface area contributed by atoms with Crippen LogP contribution in [0.25, 0.3) is 0 Å². The van der Waals surface area contributed by atoms with E-state index >= 15 is 0 Å². The van der Waals surface area contributed by atoms with Crippen molar-refractivity contribution in [2.75, 3.05) is 0 Å². The van der Waals surface area contributed by atoms with Crippen LogP contribution in [0.15, 0.2) is 0 Å². The van der Waals surface area contributed by atoms with Gasteiger partial charge in [-0.1, -0.05) is 32.1 Å². The Bertz CT molecular complexity index is 290. The van der Waals surface area contributed by atoms with Gasteiger partial charge in [-0.3, -0.25) is 4.90 Å². The fourth-order valence-electron chi connectivity index (χ4n) is 2.91. The van der Waals surface area contributed by atoms with E-state index in [0.29, 0.717) is 12.3 Å². The third-order valence-electron chi connectivity index (χ3n) is 3.72. The smallest absolute Gasteiger partial charge is 0.408 e. The zero-order chi connectivity index (χ0) is 13.8. The molecule has 0 unspecified atom stereocenters. The van der Waals surface area contributed by atoms with E-state index in [0.717, 1.165) is 19.1 Å². The molecular weight excluding hydrogens is 230 g/mol. The van der Waals surface area contributed by atoms with E-state index in [9.17, 15) is 14.7 Å². The number of hydrogen-bond acceptors (Lipinski definition) is 2. The maximum atomic E-state index is 11.4. The van der Waals surface area contributed by atoms with Gasteiger partial charge in [0, 0.05) is 5.54 Å². The van der Waals surface area contributed by atoms with Gasteiger partial charge in [-0.25, -0.2) is 4.79 Å². The highest BCUT2D eigenvalue weighted by Gasteiger charge is 2.34. The lowest BCUT2D eigenvalue weighted by atomic mass is 9.84. The van der Waals surface area contributed by atoms with Gasteiger partial charge in [-0.05, 0) is 33.1 Å². The van der Waals surface area contributed by atoms with Crippen LogP contribution in [-0.4, -0.2) is 34.0 Å². The average molecular weight is 255 g/mol. The van der Waals surface area contributed by atoms with Crippen LogP contribution in [0, 0.1) is 5.92 Å². The minimum absolute atomic E-state index is 0.498. The number of carbonyl (C=O) groups is 2. The maximum Gasteiger partial charge on any atom is 0.408 e. The number of aldehydes is 1. The largest absolute Gasteiger partial charge is 0.465 e. The lowest BCUT2D eigenvalue weighted by molar-refractivity contribution is -0.114. The Morgan fingerprint density at radius 2 is 1.89 bits per heavy atom. The van der Waals surface area contributed by atoms with Crippen molar-refractivity contribution in [3.63, 3.8) is 0 Å². The summed E-state index contributed by atoms with van der Waals surface area (Å²) in [6, 6.07) is -0.509. The van der Waals surface area contributed by atoms with Gasteiger partial charge < -0.3 is 9.90 Å². The van der Waals surface area contributed by atoms with Crippen molar-refractivity contribution in [3.8, 4) is 0 Å². The molecule has 4 heteroatoms. The Labute approximate surface area is 109 Å². The predicted molar refractivity (Wildman–Crippen MR) is 70.7 cm³/mol. The summed E-state index contributed by atoms with van der Waals surface area (Å²) in [5.41, 5.74) is -0.536. The first kappa shape index (κ1) is 15.0. The standard InChI is InChI=1S/C14H25NO3/c1-14(2,3)15(13(17)18)12(10-16)9-11-7-5-4-6-8-11/h10-12H,4-9H2,1-3H3,(H,17,18)/t12-/m0/s1. The molecular formula is C14H25NO3. The number of rotatable bonds is 4. The van der Waals surface area contributed by atoms with Crippen molar-refractivity contribution in [2.24, 2.45) is 5.92 Å². The Hall–Kier alpha value is -1.06. The fourth-order valence-corrected chi connectivity index (χ4v) is 2.91. The van der Waals surface area contributed by atoms with Gasteiger partial charge in [-0.2, -0.15) is 0 Å². The molecule has 0 aromatic rings. The zero-order valence-corrected chi connectivity index (χ0v) is 11.7. The van der Waals surface area contributed by atoms with Crippen LogP contribution in [0.4, 0.5) is 4.79 Å². The molecule has 18 heavy (non-hydrogen) atoms. The molecule has 1 fully saturated rings. The van der Waals surface area contributed by atoms with Crippen LogP contribution in [0.5, 0.6) is 0 Å². The van der Waals surface area contributed by atoms with E-state index in [1.807, 2.05) is 20.8 Å². The highest BCUT2D eigenvalue weighted by Crippen LogP contribution is 2.30. The SMILES string of the molecule is CC(C)(C)N(C(=O)O)[C@H](C=O)CC1CCCCC1. The summed E-state index contributed by atoms with van der Waals surface area (Å²) >= 11 is 0. The molecule has 1 atom stereocenters. The number of amides is 1. The van der Waals surface area contributed by atoms with E-state index in [1.165, 1.54) is 24.2 Å². The molecule has 4 nitrogen and oxygen atoms in total. The van der Waals surface area contributed by atoms with E-state index in [-0.39, 0.29) is 0 Å². The molecule has 0 saturated heterocycles. The molecule has 0 aromatic carbocycles. The first-order chi connectivity index (χ1) is 8.36. The second-order valence-electron chi connectivity index (χ2n) is 6.27. The second kappa shape index (κ2) is 6.21. The third kappa shape index (κ3) is 4.00. The molecule has 1 amide bonds. The maximum absolute atomic E-state index is 11.4. The molecule has 0 aliphatic heterocycles. The van der Waals surface area contributed by atoms with Crippen molar-refractivity contribution >= 4 is 12.4 Å². The van der Waals surface area contributed by atoms with Gasteiger partial charge in [0.15, 0.2) is 0 Å². The minimum Gasteiger partial charge on any atom is -0.465 e. The van der Waals surface area contributed by atoms with Gasteiger partial charge in [-0.15, -0.1) is 0 Å². The lowest BCUT2D eigenvalue weighted by Crippen LogP contribution is -2.52. The van der Waals surface area contributed by atoms with Crippen LogP contribution >= 0.6 is 0 Å². The molecule has 0 aromatic heterocycles. The molecule has 0 heterocycles. The van der Waals surface area contributed by atoms with Crippen LogP contribution in [0.1, 0.15) is 59.3 Å². The van der Waals surface area contributed by atoms with Crippen LogP contribution < -0.4 is 0 Å². The Morgan fingerprint density at radius 3 is 2.28 bits per heavy atom. The zero-order valence-electron chi connectivity index (χ0n) is 11.7. The van der Waals surface area contributed by atoms with Crippen molar-refractivity contribution in [2.45, 2.75) is 70.9 Å². The highest BCUT2D eigenvalue weighted by molar-refractivity contribution is 5.72. The molecule has 0 spiro atoms. The molecule has 1 aliphatic carbocycles. The first-order valence-electron chi connectivity index (χ1n) is 6.84. The van der Waals surface area contributed by atoms with Crippen molar-refractivity contribution in [3.05, 3.63) is 0 Å². The van der Waals surface area contributed by atoms with E-state index in [2.05, 4.69) is 0 Å². The van der Waals surface area contributed by atoms with Crippen molar-refractivity contribution < 1.29 is 14.7 Å². The summed E-state index contributed by atoms with van der Waals surface area (Å²) in [5, 5.41) is 9.31. The Balaban J connectivity index is 2.72. The summed E-state index contributed by atoms with van der Waals surface area (Å²) in [6.45, 7) is 5.50. The minimum atomic E-state index is -1.00. The predicted octanol–water partition coefficient (Wildman–Crippen LogP) is 3.30. The average Bonchev–Trinajstić information content (AvgIpc) is 2.27. The quantitative estimate of drug-likeness (QED) is 0.784. The van der Waals surface area contributed by atoms with Crippen LogP contribution in [0.2, 0.25) is 0 Å². The highest BCUT2D eigenvalue weighted by atomic mass is 16.4. The van der Waals surface area contributed by atoms with Gasteiger partial charge >= 0.3 is 6.09 Å². The van der Waals surface area contributed by atoms with Gasteiger partial charge in [0.1, 0.15) is 6.29 Å². The molecule has 0 bridgehead atoms. The Kier molecular flexibility index (Phi) is 5.17. The van der Waals surface area contributed by atoms with Crippen LogP contribution in [-0.2, 0) is 4.79 Å². The lowest BCUT2D eigenvalue weighted by Gasteiger charge is -2.38. The third-order valence-corrected chi connectivity index (χ3v) is 3.72. The van der Waals surface area contributed by atoms with E-state index in [1.54, 1.807) is 0 Å². The van der Waals surface area contributed by atoms with Crippen LogP contribution in [0.3, 0.4) is 0 Å². The topological polar surface area (TPSA) is 57.6 Å². The summed E-state index contributed by atoms with van der Waals surface area (Å²) in [4.78, 5) is 23.9.